The van der Waals surface area contributed by atoms with Gasteiger partial charge in [0.15, 0.2) is 0 Å². The summed E-state index contributed by atoms with van der Waals surface area (Å²) in [5, 5.41) is 3.25. The molecule has 0 saturated carbocycles. The number of fused-ring (bicyclic) bond motifs is 6. The Balaban J connectivity index is 0.000000227. The van der Waals surface area contributed by atoms with Gasteiger partial charge in [0.1, 0.15) is 5.58 Å². The molecule has 0 aliphatic carbocycles. The monoisotopic (exact) mass is 904 g/mol. The largest absolute Gasteiger partial charge is 0.501 e. The molecule has 5 nitrogen and oxygen atoms in total. The van der Waals surface area contributed by atoms with Crippen molar-refractivity contribution in [2.75, 3.05) is 0 Å². The summed E-state index contributed by atoms with van der Waals surface area (Å²) in [6.45, 7) is 10.7. The molecule has 7 heteroatoms. The Bertz CT molecular complexity index is 2920. The predicted molar refractivity (Wildman–Crippen MR) is 219 cm³/mol. The average Bonchev–Trinajstić information content (AvgIpc) is 3.78. The van der Waals surface area contributed by atoms with Crippen molar-refractivity contribution in [2.45, 2.75) is 60.2 Å². The summed E-state index contributed by atoms with van der Waals surface area (Å²) < 4.78 is 44.3. The van der Waals surface area contributed by atoms with E-state index in [0.717, 1.165) is 72.6 Å². The summed E-state index contributed by atoms with van der Waals surface area (Å²) in [4.78, 5) is 14.4. The van der Waals surface area contributed by atoms with Gasteiger partial charge < -0.3 is 14.0 Å². The number of benzene rings is 5. The molecule has 0 saturated heterocycles. The Morgan fingerprint density at radius 1 is 0.764 bits per heavy atom. The Hall–Kier alpha value is -5.49. The molecule has 0 N–H and O–H groups in total. The van der Waals surface area contributed by atoms with Crippen LogP contribution in [0.2, 0.25) is 0 Å². The van der Waals surface area contributed by atoms with Crippen LogP contribution in [0.4, 0.5) is 4.39 Å². The fourth-order valence-corrected chi connectivity index (χ4v) is 7.22. The maximum Gasteiger partial charge on any atom is 0.120 e. The molecule has 0 atom stereocenters. The first-order chi connectivity index (χ1) is 27.3. The molecular weight excluding hydrogens is 860 g/mol. The Labute approximate surface area is 338 Å². The van der Waals surface area contributed by atoms with Gasteiger partial charge in [0.25, 0.3) is 0 Å². The summed E-state index contributed by atoms with van der Waals surface area (Å²) in [5.74, 6) is 0.847. The maximum absolute atomic E-state index is 13.8. The molecule has 0 unspecified atom stereocenters. The minimum Gasteiger partial charge on any atom is -0.501 e. The zero-order valence-electron chi connectivity index (χ0n) is 34.5. The molecule has 0 spiro atoms. The summed E-state index contributed by atoms with van der Waals surface area (Å²) in [6.07, 6.45) is 1.63. The zero-order valence-corrected chi connectivity index (χ0v) is 33.9. The van der Waals surface area contributed by atoms with Crippen molar-refractivity contribution in [1.82, 2.24) is 19.5 Å². The van der Waals surface area contributed by atoms with E-state index in [1.807, 2.05) is 37.3 Å². The van der Waals surface area contributed by atoms with Gasteiger partial charge in [-0.05, 0) is 60.2 Å². The van der Waals surface area contributed by atoms with Gasteiger partial charge in [0.05, 0.1) is 33.7 Å². The molecule has 5 aromatic carbocycles. The van der Waals surface area contributed by atoms with Gasteiger partial charge in [-0.2, -0.15) is 0 Å². The number of furan rings is 1. The molecule has 0 aliphatic rings. The van der Waals surface area contributed by atoms with Gasteiger partial charge in [0.2, 0.25) is 0 Å². The summed E-state index contributed by atoms with van der Waals surface area (Å²) in [7, 11) is 0. The summed E-state index contributed by atoms with van der Waals surface area (Å²) >= 11 is 0. The predicted octanol–water partition coefficient (Wildman–Crippen LogP) is 12.8. The number of hydrogen-bond donors (Lipinski definition) is 0. The third-order valence-corrected chi connectivity index (χ3v) is 9.86. The molecule has 55 heavy (non-hydrogen) atoms. The third kappa shape index (κ3) is 6.88. The van der Waals surface area contributed by atoms with E-state index in [0.29, 0.717) is 17.5 Å². The van der Waals surface area contributed by atoms with Crippen LogP contribution in [0.1, 0.15) is 71.6 Å². The fraction of sp³-hybridized carbons (Fsp3) is 0.188. The second-order valence-corrected chi connectivity index (χ2v) is 14.3. The first kappa shape index (κ1) is 34.0. The molecule has 4 aromatic heterocycles. The van der Waals surface area contributed by atoms with Crippen LogP contribution in [-0.4, -0.2) is 19.5 Å². The van der Waals surface area contributed by atoms with E-state index in [1.165, 1.54) is 22.9 Å². The number of aryl methyl sites for hydroxylation is 3. The quantitative estimate of drug-likeness (QED) is 0.162. The Morgan fingerprint density at radius 3 is 2.18 bits per heavy atom. The van der Waals surface area contributed by atoms with E-state index >= 15 is 0 Å². The fourth-order valence-electron chi connectivity index (χ4n) is 7.22. The second kappa shape index (κ2) is 15.3. The van der Waals surface area contributed by atoms with Crippen molar-refractivity contribution in [3.05, 3.63) is 155 Å². The number of halogens is 1. The van der Waals surface area contributed by atoms with E-state index in [-0.39, 0.29) is 31.2 Å². The first-order valence-electron chi connectivity index (χ1n) is 19.7. The van der Waals surface area contributed by atoms with E-state index in [1.54, 1.807) is 12.3 Å². The van der Waals surface area contributed by atoms with Crippen molar-refractivity contribution < 1.29 is 33.0 Å². The number of aromatic nitrogens is 4. The van der Waals surface area contributed by atoms with Crippen molar-refractivity contribution >= 4 is 43.9 Å². The SMILES string of the molecule is Cc1nc2ccccc2c2c1nc(-c1[c-]ccc3c1oc1ccccc13)n2-c1c(C(C)C)cccc1C(C)C.[2H]C([2H])([2H])c1c[c-]c(-c2ccc(C)cn2)c(F)c1.[Ir]. The summed E-state index contributed by atoms with van der Waals surface area (Å²) in [5.41, 5.74) is 11.7. The first-order valence-corrected chi connectivity index (χ1v) is 18.2. The number of pyridine rings is 2. The van der Waals surface area contributed by atoms with E-state index in [9.17, 15) is 4.39 Å². The van der Waals surface area contributed by atoms with E-state index in [2.05, 4.69) is 111 Å². The van der Waals surface area contributed by atoms with Gasteiger partial charge in [-0.15, -0.1) is 42.0 Å². The van der Waals surface area contributed by atoms with Crippen molar-refractivity contribution in [2.24, 2.45) is 0 Å². The Morgan fingerprint density at radius 2 is 1.49 bits per heavy atom. The number of hydrogen-bond acceptors (Lipinski definition) is 4. The molecule has 0 fully saturated rings. The molecule has 1 radical (unpaired) electrons. The molecule has 277 valence electrons. The van der Waals surface area contributed by atoms with Gasteiger partial charge in [-0.3, -0.25) is 14.4 Å². The third-order valence-electron chi connectivity index (χ3n) is 9.86. The van der Waals surface area contributed by atoms with E-state index < -0.39 is 12.7 Å². The molecule has 0 amide bonds. The Kier molecular flexibility index (Phi) is 9.49. The maximum atomic E-state index is 13.8. The minimum absolute atomic E-state index is 0. The normalized spacial score (nSPS) is 12.5. The average molecular weight is 904 g/mol. The van der Waals surface area contributed by atoms with Gasteiger partial charge in [0, 0.05) is 52.7 Å². The van der Waals surface area contributed by atoms with Crippen LogP contribution >= 0.6 is 0 Å². The van der Waals surface area contributed by atoms with Gasteiger partial charge in [-0.1, -0.05) is 118 Å². The number of para-hydroxylation sites is 3. The van der Waals surface area contributed by atoms with Crippen LogP contribution in [0.15, 0.2) is 114 Å². The standard InChI is InChI=1S/C35H30N3O.C13H11FN.Ir/c1-20(2)23-14-10-15-24(21(3)4)32(23)38-33-27-13-6-8-18-29(27)36-22(5)31(33)37-35(38)28-17-11-16-26-25-12-7-9-19-30(25)39-34(26)28;1-9-3-5-11(12(14)7-9)13-6-4-10(2)8-15-13;/h6-16,18-21H,1-5H3;3-4,6-8H,1-2H3;/q2*-1;/i;1D3;. The molecule has 9 rings (SSSR count). The number of rotatable bonds is 5. The van der Waals surface area contributed by atoms with Crippen LogP contribution < -0.4 is 0 Å². The van der Waals surface area contributed by atoms with Crippen LogP contribution in [0.5, 0.6) is 0 Å². The van der Waals surface area contributed by atoms with Crippen LogP contribution in [0, 0.1) is 38.6 Å². The molecule has 9 aromatic rings. The smallest absolute Gasteiger partial charge is 0.120 e. The van der Waals surface area contributed by atoms with Crippen LogP contribution in [0.3, 0.4) is 0 Å². The minimum atomic E-state index is -2.32. The van der Waals surface area contributed by atoms with Crippen molar-refractivity contribution in [3.8, 4) is 28.3 Å². The summed E-state index contributed by atoms with van der Waals surface area (Å²) in [6, 6.07) is 39.3. The van der Waals surface area contributed by atoms with Crippen LogP contribution in [-0.2, 0) is 20.1 Å². The van der Waals surface area contributed by atoms with Crippen molar-refractivity contribution in [1.29, 1.82) is 0 Å². The number of nitrogens with zero attached hydrogens (tertiary/aromatic N) is 4. The second-order valence-electron chi connectivity index (χ2n) is 14.3. The molecule has 0 bridgehead atoms. The van der Waals surface area contributed by atoms with Crippen LogP contribution in [0.25, 0.3) is 72.2 Å². The number of imidazole rings is 1. The van der Waals surface area contributed by atoms with Gasteiger partial charge in [-0.25, -0.2) is 0 Å². The van der Waals surface area contributed by atoms with Gasteiger partial charge >= 0.3 is 0 Å². The topological polar surface area (TPSA) is 56.7 Å². The molecule has 4 heterocycles. The van der Waals surface area contributed by atoms with E-state index in [4.69, 9.17) is 18.5 Å². The molecule has 0 aliphatic heterocycles. The molecular formula is C48H41FIrN4O-2. The zero-order chi connectivity index (χ0) is 40.2. The van der Waals surface area contributed by atoms with Crippen molar-refractivity contribution in [3.63, 3.8) is 0 Å².